The first-order chi connectivity index (χ1) is 6.33. The standard InChI is InChI=1S/C10H16N2O/c1-2-3-7-12-10(13)8-5-4-6-9(8)11-12/h11H,2-7H2,1H3. The van der Waals surface area contributed by atoms with E-state index in [-0.39, 0.29) is 5.56 Å². The van der Waals surface area contributed by atoms with Crippen LogP contribution in [-0.4, -0.2) is 9.78 Å². The van der Waals surface area contributed by atoms with Crippen molar-refractivity contribution < 1.29 is 0 Å². The summed E-state index contributed by atoms with van der Waals surface area (Å²) in [5.74, 6) is 0. The van der Waals surface area contributed by atoms with Gasteiger partial charge in [0.25, 0.3) is 5.56 Å². The first-order valence-corrected chi connectivity index (χ1v) is 5.13. The van der Waals surface area contributed by atoms with Gasteiger partial charge in [-0.25, -0.2) is 0 Å². The smallest absolute Gasteiger partial charge is 0.269 e. The highest BCUT2D eigenvalue weighted by atomic mass is 16.1. The Balaban J connectivity index is 2.24. The summed E-state index contributed by atoms with van der Waals surface area (Å²) in [4.78, 5) is 11.7. The molecule has 3 heteroatoms. The van der Waals surface area contributed by atoms with Gasteiger partial charge in [0, 0.05) is 17.8 Å². The van der Waals surface area contributed by atoms with E-state index in [0.717, 1.165) is 44.2 Å². The topological polar surface area (TPSA) is 37.8 Å². The lowest BCUT2D eigenvalue weighted by molar-refractivity contribution is 0.547. The Morgan fingerprint density at radius 3 is 3.00 bits per heavy atom. The molecular weight excluding hydrogens is 164 g/mol. The fourth-order valence-corrected chi connectivity index (χ4v) is 1.95. The van der Waals surface area contributed by atoms with Crippen molar-refractivity contribution in [2.24, 2.45) is 0 Å². The summed E-state index contributed by atoms with van der Waals surface area (Å²) < 4.78 is 1.77. The van der Waals surface area contributed by atoms with Gasteiger partial charge in [0.2, 0.25) is 0 Å². The van der Waals surface area contributed by atoms with Gasteiger partial charge in [-0.15, -0.1) is 0 Å². The maximum atomic E-state index is 11.7. The molecule has 72 valence electrons. The number of aromatic nitrogens is 2. The van der Waals surface area contributed by atoms with Gasteiger partial charge in [0.1, 0.15) is 0 Å². The molecule has 0 unspecified atom stereocenters. The largest absolute Gasteiger partial charge is 0.299 e. The minimum absolute atomic E-state index is 0.223. The Morgan fingerprint density at radius 1 is 1.46 bits per heavy atom. The van der Waals surface area contributed by atoms with Gasteiger partial charge >= 0.3 is 0 Å². The van der Waals surface area contributed by atoms with E-state index in [4.69, 9.17) is 0 Å². The van der Waals surface area contributed by atoms with Crippen LogP contribution in [0.15, 0.2) is 4.79 Å². The maximum Gasteiger partial charge on any atom is 0.269 e. The van der Waals surface area contributed by atoms with Crippen LogP contribution in [0.2, 0.25) is 0 Å². The summed E-state index contributed by atoms with van der Waals surface area (Å²) in [6.07, 6.45) is 5.40. The molecule has 0 saturated heterocycles. The van der Waals surface area contributed by atoms with E-state index in [1.807, 2.05) is 0 Å². The van der Waals surface area contributed by atoms with Crippen molar-refractivity contribution in [1.82, 2.24) is 9.78 Å². The third kappa shape index (κ3) is 1.43. The van der Waals surface area contributed by atoms with Crippen molar-refractivity contribution in [3.05, 3.63) is 21.6 Å². The quantitative estimate of drug-likeness (QED) is 0.751. The highest BCUT2D eigenvalue weighted by molar-refractivity contribution is 5.22. The van der Waals surface area contributed by atoms with E-state index in [1.54, 1.807) is 4.68 Å². The van der Waals surface area contributed by atoms with Crippen LogP contribution in [0.4, 0.5) is 0 Å². The number of H-pyrrole nitrogens is 1. The number of rotatable bonds is 3. The summed E-state index contributed by atoms with van der Waals surface area (Å²) in [6, 6.07) is 0. The average molecular weight is 180 g/mol. The van der Waals surface area contributed by atoms with E-state index >= 15 is 0 Å². The van der Waals surface area contributed by atoms with E-state index in [0.29, 0.717) is 0 Å². The normalized spacial score (nSPS) is 14.8. The molecule has 0 spiro atoms. The van der Waals surface area contributed by atoms with Crippen LogP contribution >= 0.6 is 0 Å². The zero-order valence-corrected chi connectivity index (χ0v) is 8.10. The van der Waals surface area contributed by atoms with E-state index in [2.05, 4.69) is 12.0 Å². The monoisotopic (exact) mass is 180 g/mol. The summed E-state index contributed by atoms with van der Waals surface area (Å²) in [5, 5.41) is 3.20. The van der Waals surface area contributed by atoms with Crippen LogP contribution in [-0.2, 0) is 19.4 Å². The SMILES string of the molecule is CCCCn1[nH]c2c(c1=O)CCC2. The van der Waals surface area contributed by atoms with Crippen molar-refractivity contribution in [3.63, 3.8) is 0 Å². The van der Waals surface area contributed by atoms with Crippen LogP contribution in [0.1, 0.15) is 37.4 Å². The number of hydrogen-bond donors (Lipinski definition) is 1. The Labute approximate surface area is 77.7 Å². The number of aromatic amines is 1. The Hall–Kier alpha value is -0.990. The van der Waals surface area contributed by atoms with Gasteiger partial charge in [-0.2, -0.15) is 0 Å². The molecule has 1 heterocycles. The molecule has 13 heavy (non-hydrogen) atoms. The Kier molecular flexibility index (Phi) is 2.25. The van der Waals surface area contributed by atoms with Crippen LogP contribution in [0.25, 0.3) is 0 Å². The van der Waals surface area contributed by atoms with Gasteiger partial charge in [0.15, 0.2) is 0 Å². The first kappa shape index (κ1) is 8.60. The molecule has 0 bridgehead atoms. The summed E-state index contributed by atoms with van der Waals surface area (Å²) >= 11 is 0. The molecule has 1 aromatic heterocycles. The number of fused-ring (bicyclic) bond motifs is 1. The highest BCUT2D eigenvalue weighted by Gasteiger charge is 2.18. The van der Waals surface area contributed by atoms with E-state index < -0.39 is 0 Å². The molecule has 2 rings (SSSR count). The molecule has 1 aromatic rings. The number of unbranched alkanes of at least 4 members (excludes halogenated alkanes) is 1. The van der Waals surface area contributed by atoms with Crippen molar-refractivity contribution in [1.29, 1.82) is 0 Å². The van der Waals surface area contributed by atoms with Gasteiger partial charge in [-0.05, 0) is 25.7 Å². The van der Waals surface area contributed by atoms with Gasteiger partial charge in [0.05, 0.1) is 0 Å². The van der Waals surface area contributed by atoms with E-state index in [9.17, 15) is 4.79 Å². The fourth-order valence-electron chi connectivity index (χ4n) is 1.95. The summed E-state index contributed by atoms with van der Waals surface area (Å²) in [6.45, 7) is 2.99. The Morgan fingerprint density at radius 2 is 2.31 bits per heavy atom. The Bertz CT molecular complexity index is 348. The van der Waals surface area contributed by atoms with Gasteiger partial charge < -0.3 is 0 Å². The number of hydrogen-bond acceptors (Lipinski definition) is 1. The second kappa shape index (κ2) is 3.40. The molecule has 0 fully saturated rings. The molecule has 0 saturated carbocycles. The third-order valence-corrected chi connectivity index (χ3v) is 2.73. The molecule has 1 aliphatic carbocycles. The summed E-state index contributed by atoms with van der Waals surface area (Å²) in [5.41, 5.74) is 2.44. The molecule has 0 atom stereocenters. The highest BCUT2D eigenvalue weighted by Crippen LogP contribution is 2.15. The molecule has 3 nitrogen and oxygen atoms in total. The zero-order valence-electron chi connectivity index (χ0n) is 8.10. The molecule has 0 amide bonds. The minimum atomic E-state index is 0.223. The van der Waals surface area contributed by atoms with Crippen molar-refractivity contribution >= 4 is 0 Å². The third-order valence-electron chi connectivity index (χ3n) is 2.73. The van der Waals surface area contributed by atoms with Gasteiger partial charge in [-0.1, -0.05) is 13.3 Å². The predicted molar refractivity (Wildman–Crippen MR) is 52.0 cm³/mol. The summed E-state index contributed by atoms with van der Waals surface area (Å²) in [7, 11) is 0. The van der Waals surface area contributed by atoms with Crippen LogP contribution < -0.4 is 5.56 Å². The molecule has 1 N–H and O–H groups in total. The second-order valence-electron chi connectivity index (χ2n) is 3.73. The lowest BCUT2D eigenvalue weighted by atomic mass is 10.3. The lowest BCUT2D eigenvalue weighted by Crippen LogP contribution is -2.19. The zero-order chi connectivity index (χ0) is 9.26. The molecule has 0 aliphatic heterocycles. The number of aryl methyl sites for hydroxylation is 2. The minimum Gasteiger partial charge on any atom is -0.299 e. The average Bonchev–Trinajstić information content (AvgIpc) is 2.67. The van der Waals surface area contributed by atoms with Crippen molar-refractivity contribution in [2.45, 2.75) is 45.6 Å². The van der Waals surface area contributed by atoms with Crippen LogP contribution in [0.5, 0.6) is 0 Å². The molecular formula is C10H16N2O. The van der Waals surface area contributed by atoms with E-state index in [1.165, 1.54) is 5.69 Å². The lowest BCUT2D eigenvalue weighted by Gasteiger charge is -1.99. The number of nitrogens with one attached hydrogen (secondary N) is 1. The molecule has 1 aliphatic rings. The van der Waals surface area contributed by atoms with Crippen LogP contribution in [0, 0.1) is 0 Å². The molecule has 0 radical (unpaired) electrons. The van der Waals surface area contributed by atoms with Gasteiger partial charge in [-0.3, -0.25) is 14.6 Å². The fraction of sp³-hybridized carbons (Fsp3) is 0.700. The van der Waals surface area contributed by atoms with Crippen molar-refractivity contribution in [2.75, 3.05) is 0 Å². The second-order valence-corrected chi connectivity index (χ2v) is 3.73. The van der Waals surface area contributed by atoms with Crippen LogP contribution in [0.3, 0.4) is 0 Å². The molecule has 0 aromatic carbocycles. The number of nitrogens with zero attached hydrogens (tertiary/aromatic N) is 1. The predicted octanol–water partition coefficient (Wildman–Crippen LogP) is 1.47. The van der Waals surface area contributed by atoms with Crippen molar-refractivity contribution in [3.8, 4) is 0 Å². The maximum absolute atomic E-state index is 11.7. The first-order valence-electron chi connectivity index (χ1n) is 5.13.